The highest BCUT2D eigenvalue weighted by atomic mass is 35.5. The highest BCUT2D eigenvalue weighted by Crippen LogP contribution is 2.29. The van der Waals surface area contributed by atoms with Crippen molar-refractivity contribution < 1.29 is 0 Å². The molecule has 0 aliphatic rings. The second kappa shape index (κ2) is 5.63. The van der Waals surface area contributed by atoms with E-state index in [1.165, 1.54) is 0 Å². The number of hydrogen-bond donors (Lipinski definition) is 1. The van der Waals surface area contributed by atoms with Crippen molar-refractivity contribution in [1.29, 1.82) is 0 Å². The molecule has 0 unspecified atom stereocenters. The Labute approximate surface area is 114 Å². The number of pyridine rings is 1. The first kappa shape index (κ1) is 12.6. The zero-order valence-corrected chi connectivity index (χ0v) is 11.2. The highest BCUT2D eigenvalue weighted by molar-refractivity contribution is 7.98. The molecule has 2 N–H and O–H groups in total. The highest BCUT2D eigenvalue weighted by Gasteiger charge is 2.05. The number of nitrogens with zero attached hydrogens (tertiary/aromatic N) is 1. The zero-order chi connectivity index (χ0) is 12.3. The number of hydrogen-bond acceptors (Lipinski definition) is 3. The molecule has 0 fully saturated rings. The maximum atomic E-state index is 6.02. The minimum absolute atomic E-state index is 0.645. The molecule has 1 aromatic heterocycles. The van der Waals surface area contributed by atoms with Gasteiger partial charge in [0.15, 0.2) is 0 Å². The average molecular weight is 285 g/mol. The maximum absolute atomic E-state index is 6.02. The number of benzene rings is 1. The fourth-order valence-corrected chi connectivity index (χ4v) is 2.68. The summed E-state index contributed by atoms with van der Waals surface area (Å²) in [6.07, 6.45) is 1.72. The van der Waals surface area contributed by atoms with Gasteiger partial charge in [-0.05, 0) is 29.8 Å². The van der Waals surface area contributed by atoms with Crippen molar-refractivity contribution in [1.82, 2.24) is 4.98 Å². The lowest BCUT2D eigenvalue weighted by Gasteiger charge is -2.06. The van der Waals surface area contributed by atoms with Crippen molar-refractivity contribution in [2.24, 2.45) is 0 Å². The number of rotatable bonds is 3. The summed E-state index contributed by atoms with van der Waals surface area (Å²) in [6, 6.07) is 9.12. The van der Waals surface area contributed by atoms with E-state index >= 15 is 0 Å². The van der Waals surface area contributed by atoms with Crippen LogP contribution in [0.4, 0.5) is 5.69 Å². The molecule has 0 bridgehead atoms. The van der Waals surface area contributed by atoms with E-state index < -0.39 is 0 Å². The van der Waals surface area contributed by atoms with Gasteiger partial charge in [0, 0.05) is 22.7 Å². The largest absolute Gasteiger partial charge is 0.398 e. The van der Waals surface area contributed by atoms with Crippen molar-refractivity contribution in [3.63, 3.8) is 0 Å². The molecule has 1 aromatic carbocycles. The van der Waals surface area contributed by atoms with Crippen LogP contribution in [0.1, 0.15) is 5.56 Å². The molecule has 0 spiro atoms. The molecule has 0 aliphatic heterocycles. The Morgan fingerprint density at radius 2 is 2.06 bits per heavy atom. The fraction of sp³-hybridized carbons (Fsp3) is 0.0833. The molecule has 2 rings (SSSR count). The van der Waals surface area contributed by atoms with Crippen LogP contribution in [-0.2, 0) is 5.75 Å². The summed E-state index contributed by atoms with van der Waals surface area (Å²) < 4.78 is 0. The topological polar surface area (TPSA) is 38.9 Å². The van der Waals surface area contributed by atoms with Gasteiger partial charge in [-0.1, -0.05) is 29.3 Å². The Balaban J connectivity index is 2.10. The van der Waals surface area contributed by atoms with Crippen LogP contribution in [0.2, 0.25) is 10.0 Å². The van der Waals surface area contributed by atoms with E-state index in [0.717, 1.165) is 16.3 Å². The normalized spacial score (nSPS) is 10.5. The van der Waals surface area contributed by atoms with Gasteiger partial charge in [0.1, 0.15) is 5.03 Å². The molecule has 2 nitrogen and oxygen atoms in total. The fourth-order valence-electron chi connectivity index (χ4n) is 1.32. The first-order valence-electron chi connectivity index (χ1n) is 4.94. The first-order chi connectivity index (χ1) is 8.16. The van der Waals surface area contributed by atoms with Crippen molar-refractivity contribution in [2.45, 2.75) is 10.8 Å². The number of anilines is 1. The van der Waals surface area contributed by atoms with Gasteiger partial charge in [-0.3, -0.25) is 0 Å². The summed E-state index contributed by atoms with van der Waals surface area (Å²) in [5, 5.41) is 2.11. The molecular formula is C12H10Cl2N2S. The number of nitrogens with two attached hydrogens (primary N) is 1. The quantitative estimate of drug-likeness (QED) is 0.676. The van der Waals surface area contributed by atoms with Crippen molar-refractivity contribution in [2.75, 3.05) is 5.73 Å². The van der Waals surface area contributed by atoms with Gasteiger partial charge in [-0.2, -0.15) is 0 Å². The summed E-state index contributed by atoms with van der Waals surface area (Å²) in [5.41, 5.74) is 7.59. The Bertz CT molecular complexity index is 532. The number of nitrogen functional groups attached to an aromatic ring is 1. The van der Waals surface area contributed by atoms with Gasteiger partial charge in [-0.25, -0.2) is 4.98 Å². The third kappa shape index (κ3) is 3.28. The zero-order valence-electron chi connectivity index (χ0n) is 8.86. The lowest BCUT2D eigenvalue weighted by atomic mass is 10.2. The minimum atomic E-state index is 0.645. The maximum Gasteiger partial charge on any atom is 0.115 e. The summed E-state index contributed by atoms with van der Waals surface area (Å²) in [4.78, 5) is 4.20. The van der Waals surface area contributed by atoms with Crippen LogP contribution in [0.3, 0.4) is 0 Å². The van der Waals surface area contributed by atoms with Crippen molar-refractivity contribution in [3.8, 4) is 0 Å². The van der Waals surface area contributed by atoms with E-state index in [2.05, 4.69) is 4.98 Å². The number of aromatic nitrogens is 1. The Kier molecular flexibility index (Phi) is 4.15. The second-order valence-electron chi connectivity index (χ2n) is 3.42. The lowest BCUT2D eigenvalue weighted by Crippen LogP contribution is -1.92. The van der Waals surface area contributed by atoms with Crippen molar-refractivity contribution >= 4 is 40.7 Å². The summed E-state index contributed by atoms with van der Waals surface area (Å²) in [7, 11) is 0. The summed E-state index contributed by atoms with van der Waals surface area (Å²) in [5.74, 6) is 0.722. The molecule has 0 atom stereocenters. The Hall–Kier alpha value is -0.900. The molecule has 0 radical (unpaired) electrons. The monoisotopic (exact) mass is 284 g/mol. The van der Waals surface area contributed by atoms with E-state index in [1.807, 2.05) is 24.3 Å². The van der Waals surface area contributed by atoms with E-state index in [1.54, 1.807) is 24.0 Å². The van der Waals surface area contributed by atoms with E-state index in [9.17, 15) is 0 Å². The van der Waals surface area contributed by atoms with E-state index in [0.29, 0.717) is 15.7 Å². The number of thioether (sulfide) groups is 1. The van der Waals surface area contributed by atoms with Crippen LogP contribution in [0.5, 0.6) is 0 Å². The van der Waals surface area contributed by atoms with Gasteiger partial charge in [0.2, 0.25) is 0 Å². The molecule has 0 amide bonds. The molecule has 2 aromatic rings. The van der Waals surface area contributed by atoms with Gasteiger partial charge in [-0.15, -0.1) is 11.8 Å². The third-order valence-corrected chi connectivity index (χ3v) is 3.90. The van der Waals surface area contributed by atoms with Gasteiger partial charge < -0.3 is 5.73 Å². The molecule has 17 heavy (non-hydrogen) atoms. The van der Waals surface area contributed by atoms with Gasteiger partial charge in [0.05, 0.1) is 5.02 Å². The van der Waals surface area contributed by atoms with Crippen LogP contribution in [0.25, 0.3) is 0 Å². The third-order valence-electron chi connectivity index (χ3n) is 2.20. The predicted molar refractivity (Wildman–Crippen MR) is 74.7 cm³/mol. The van der Waals surface area contributed by atoms with Crippen molar-refractivity contribution in [3.05, 3.63) is 52.1 Å². The number of halogens is 2. The molecule has 0 saturated heterocycles. The second-order valence-corrected chi connectivity index (χ2v) is 5.23. The van der Waals surface area contributed by atoms with Crippen LogP contribution < -0.4 is 5.73 Å². The smallest absolute Gasteiger partial charge is 0.115 e. The summed E-state index contributed by atoms with van der Waals surface area (Å²) in [6.45, 7) is 0. The van der Waals surface area contributed by atoms with E-state index in [-0.39, 0.29) is 0 Å². The Morgan fingerprint density at radius 1 is 1.24 bits per heavy atom. The van der Waals surface area contributed by atoms with Crippen LogP contribution in [-0.4, -0.2) is 4.98 Å². The first-order valence-corrected chi connectivity index (χ1v) is 6.68. The van der Waals surface area contributed by atoms with Crippen LogP contribution in [0.15, 0.2) is 41.6 Å². The molecule has 1 heterocycles. The van der Waals surface area contributed by atoms with Gasteiger partial charge >= 0.3 is 0 Å². The van der Waals surface area contributed by atoms with Gasteiger partial charge in [0.25, 0.3) is 0 Å². The molecule has 0 aliphatic carbocycles. The molecule has 0 saturated carbocycles. The molecule has 88 valence electrons. The molecule has 5 heteroatoms. The van der Waals surface area contributed by atoms with Crippen LogP contribution >= 0.6 is 35.0 Å². The summed E-state index contributed by atoms with van der Waals surface area (Å²) >= 11 is 13.4. The standard InChI is InChI=1S/C12H10Cl2N2S/c13-9-4-3-8(11(15)6-9)7-17-12-10(14)2-1-5-16-12/h1-6H,7,15H2. The minimum Gasteiger partial charge on any atom is -0.398 e. The SMILES string of the molecule is Nc1cc(Cl)ccc1CSc1ncccc1Cl. The predicted octanol–water partition coefficient (Wildman–Crippen LogP) is 4.26. The molecular weight excluding hydrogens is 275 g/mol. The Morgan fingerprint density at radius 3 is 2.76 bits per heavy atom. The lowest BCUT2D eigenvalue weighted by molar-refractivity contribution is 1.13. The van der Waals surface area contributed by atoms with Crippen LogP contribution in [0, 0.1) is 0 Å². The average Bonchev–Trinajstić information content (AvgIpc) is 2.30. The van der Waals surface area contributed by atoms with E-state index in [4.69, 9.17) is 28.9 Å².